The number of para-hydroxylation sites is 1. The Bertz CT molecular complexity index is 1280. The van der Waals surface area contributed by atoms with E-state index in [1.54, 1.807) is 55.6 Å². The molecule has 1 heterocycles. The molecule has 0 fully saturated rings. The van der Waals surface area contributed by atoms with Crippen LogP contribution in [0.5, 0.6) is 5.75 Å². The molecule has 0 amide bonds. The molecule has 3 aromatic carbocycles. The molecule has 6 nitrogen and oxygen atoms in total. The van der Waals surface area contributed by atoms with Gasteiger partial charge >= 0.3 is 0 Å². The molecule has 1 aliphatic rings. The summed E-state index contributed by atoms with van der Waals surface area (Å²) in [5, 5.41) is 2.93. The van der Waals surface area contributed by atoms with Gasteiger partial charge in [0.2, 0.25) is 5.78 Å². The van der Waals surface area contributed by atoms with Crippen molar-refractivity contribution in [3.8, 4) is 5.75 Å². The van der Waals surface area contributed by atoms with Gasteiger partial charge in [0.15, 0.2) is 4.91 Å². The van der Waals surface area contributed by atoms with Crippen LogP contribution in [0.3, 0.4) is 0 Å². The third kappa shape index (κ3) is 4.04. The van der Waals surface area contributed by atoms with Gasteiger partial charge in [-0.2, -0.15) is 0 Å². The number of allylic oxidation sites excluding steroid dienone is 1. The molecule has 0 saturated carbocycles. The molecule has 0 bridgehead atoms. The lowest BCUT2D eigenvalue weighted by atomic mass is 10.1. The van der Waals surface area contributed by atoms with Crippen LogP contribution in [0, 0.1) is 6.92 Å². The van der Waals surface area contributed by atoms with Crippen LogP contribution < -0.4 is 14.4 Å². The molecule has 7 heteroatoms. The molecule has 3 aromatic rings. The molecule has 0 unspecified atom stereocenters. The van der Waals surface area contributed by atoms with Crippen LogP contribution in [0.1, 0.15) is 21.5 Å². The van der Waals surface area contributed by atoms with E-state index in [-0.39, 0.29) is 11.4 Å². The number of methoxy groups -OCH3 is 1. The summed E-state index contributed by atoms with van der Waals surface area (Å²) in [5.74, 6) is 0.0825. The summed E-state index contributed by atoms with van der Waals surface area (Å²) < 4.78 is 33.5. The van der Waals surface area contributed by atoms with Crippen LogP contribution in [-0.2, 0) is 16.6 Å². The van der Waals surface area contributed by atoms with E-state index < -0.39 is 15.8 Å². The normalized spacial score (nSPS) is 16.1. The molecule has 1 aliphatic heterocycles. The Morgan fingerprint density at radius 2 is 1.77 bits per heavy atom. The third-order valence-electron chi connectivity index (χ3n) is 5.06. The highest BCUT2D eigenvalue weighted by Crippen LogP contribution is 2.36. The fourth-order valence-electron chi connectivity index (χ4n) is 3.53. The summed E-state index contributed by atoms with van der Waals surface area (Å²) in [6.45, 7) is 2.08. The van der Waals surface area contributed by atoms with Gasteiger partial charge in [-0.3, -0.25) is 9.10 Å². The first-order chi connectivity index (χ1) is 14.9. The van der Waals surface area contributed by atoms with Gasteiger partial charge in [-0.25, -0.2) is 8.42 Å². The third-order valence-corrected chi connectivity index (χ3v) is 6.82. The van der Waals surface area contributed by atoms with Crippen LogP contribution in [0.15, 0.2) is 83.9 Å². The number of nitrogens with zero attached hydrogens (tertiary/aromatic N) is 1. The second-order valence-electron chi connectivity index (χ2n) is 7.23. The number of nitrogens with one attached hydrogen (secondary N) is 1. The van der Waals surface area contributed by atoms with Gasteiger partial charge in [-0.15, -0.1) is 0 Å². The van der Waals surface area contributed by atoms with E-state index in [1.165, 1.54) is 10.5 Å². The fraction of sp³-hybridized carbons (Fsp3) is 0.125. The zero-order valence-corrected chi connectivity index (χ0v) is 18.0. The zero-order chi connectivity index (χ0) is 22.0. The minimum atomic E-state index is -4.07. The Hall–Kier alpha value is -3.58. The van der Waals surface area contributed by atoms with E-state index in [4.69, 9.17) is 4.74 Å². The number of hydrogen-bond donors (Lipinski definition) is 1. The molecule has 0 aromatic heterocycles. The van der Waals surface area contributed by atoms with E-state index in [9.17, 15) is 13.2 Å². The number of hydrogen-bond acceptors (Lipinski definition) is 5. The average molecular weight is 435 g/mol. The molecular formula is C24H22N2O4S. The highest BCUT2D eigenvalue weighted by molar-refractivity contribution is 7.97. The van der Waals surface area contributed by atoms with Crippen molar-refractivity contribution in [1.29, 1.82) is 0 Å². The van der Waals surface area contributed by atoms with Crippen LogP contribution in [0.2, 0.25) is 0 Å². The lowest BCUT2D eigenvalue weighted by Crippen LogP contribution is -2.39. The molecule has 0 radical (unpaired) electrons. The van der Waals surface area contributed by atoms with Gasteiger partial charge < -0.3 is 10.1 Å². The number of carbonyl (C=O) groups is 1. The first-order valence-electron chi connectivity index (χ1n) is 9.73. The second kappa shape index (κ2) is 8.28. The molecule has 0 saturated heterocycles. The van der Waals surface area contributed by atoms with Crippen LogP contribution in [0.25, 0.3) is 0 Å². The Morgan fingerprint density at radius 1 is 1.00 bits per heavy atom. The maximum atomic E-state index is 13.5. The van der Waals surface area contributed by atoms with Crippen LogP contribution in [0.4, 0.5) is 11.4 Å². The predicted octanol–water partition coefficient (Wildman–Crippen LogP) is 4.49. The van der Waals surface area contributed by atoms with Gasteiger partial charge in [0.05, 0.1) is 19.3 Å². The standard InChI is InChI=1S/C24H22N2O4S/c1-17-7-5-8-18(13-17)16-26-22-12-4-3-11-21(22)24(27)23(31(26,28)29)15-25-19-9-6-10-20(14-19)30-2/h3-15,25H,16H2,1-2H3. The van der Waals surface area contributed by atoms with Crippen molar-refractivity contribution in [3.63, 3.8) is 0 Å². The lowest BCUT2D eigenvalue weighted by molar-refractivity contribution is 0.104. The number of carbonyl (C=O) groups excluding carboxylic acids is 1. The Morgan fingerprint density at radius 3 is 2.55 bits per heavy atom. The molecule has 0 atom stereocenters. The average Bonchev–Trinajstić information content (AvgIpc) is 2.77. The Kier molecular flexibility index (Phi) is 5.52. The SMILES string of the molecule is COc1cccc(NC=C2C(=O)c3ccccc3N(Cc3cccc(C)c3)S2(=O)=O)c1. The number of anilines is 2. The van der Waals surface area contributed by atoms with Gasteiger partial charge in [0.1, 0.15) is 5.75 Å². The van der Waals surface area contributed by atoms with Crippen molar-refractivity contribution in [2.45, 2.75) is 13.5 Å². The van der Waals surface area contributed by atoms with E-state index in [2.05, 4.69) is 5.32 Å². The summed E-state index contributed by atoms with van der Waals surface area (Å²) in [4.78, 5) is 12.8. The van der Waals surface area contributed by atoms with Crippen LogP contribution >= 0.6 is 0 Å². The van der Waals surface area contributed by atoms with E-state index >= 15 is 0 Å². The minimum Gasteiger partial charge on any atom is -0.497 e. The molecule has 158 valence electrons. The smallest absolute Gasteiger partial charge is 0.270 e. The largest absolute Gasteiger partial charge is 0.497 e. The summed E-state index contributed by atoms with van der Waals surface area (Å²) in [5.41, 5.74) is 3.22. The van der Waals surface area contributed by atoms with Crippen molar-refractivity contribution in [1.82, 2.24) is 0 Å². The lowest BCUT2D eigenvalue weighted by Gasteiger charge is -2.31. The predicted molar refractivity (Wildman–Crippen MR) is 122 cm³/mol. The summed E-state index contributed by atoms with van der Waals surface area (Å²) in [6.07, 6.45) is 1.26. The summed E-state index contributed by atoms with van der Waals surface area (Å²) in [7, 11) is -2.52. The van der Waals surface area contributed by atoms with E-state index in [0.717, 1.165) is 11.1 Å². The van der Waals surface area contributed by atoms with Crippen molar-refractivity contribution < 1.29 is 17.9 Å². The highest BCUT2D eigenvalue weighted by atomic mass is 32.2. The Labute approximate surface area is 181 Å². The number of Topliss-reactive ketones (excluding diaryl/α,β-unsaturated/α-hetero) is 1. The van der Waals surface area contributed by atoms with Gasteiger partial charge in [-0.05, 0) is 36.8 Å². The van der Waals surface area contributed by atoms with E-state index in [0.29, 0.717) is 22.7 Å². The molecule has 0 spiro atoms. The molecular weight excluding hydrogens is 412 g/mol. The molecule has 1 N–H and O–H groups in total. The van der Waals surface area contributed by atoms with Crippen LogP contribution in [-0.4, -0.2) is 21.3 Å². The molecule has 0 aliphatic carbocycles. The van der Waals surface area contributed by atoms with Gasteiger partial charge in [-0.1, -0.05) is 48.0 Å². The first kappa shape index (κ1) is 20.7. The number of ketones is 1. The minimum absolute atomic E-state index is 0.130. The maximum Gasteiger partial charge on any atom is 0.270 e. The highest BCUT2D eigenvalue weighted by Gasteiger charge is 2.40. The Balaban J connectivity index is 1.77. The van der Waals surface area contributed by atoms with Crippen molar-refractivity contribution >= 4 is 27.2 Å². The molecule has 4 rings (SSSR count). The monoisotopic (exact) mass is 434 g/mol. The number of aryl methyl sites for hydroxylation is 1. The second-order valence-corrected chi connectivity index (χ2v) is 9.06. The number of ether oxygens (including phenoxy) is 1. The van der Waals surface area contributed by atoms with Gasteiger partial charge in [0, 0.05) is 23.5 Å². The number of benzene rings is 3. The zero-order valence-electron chi connectivity index (χ0n) is 17.2. The number of sulfonamides is 1. The topological polar surface area (TPSA) is 75.7 Å². The van der Waals surface area contributed by atoms with Crippen molar-refractivity contribution in [2.24, 2.45) is 0 Å². The van der Waals surface area contributed by atoms with Crippen molar-refractivity contribution in [2.75, 3.05) is 16.7 Å². The fourth-order valence-corrected chi connectivity index (χ4v) is 5.06. The first-order valence-corrected chi connectivity index (χ1v) is 11.2. The van der Waals surface area contributed by atoms with E-state index in [1.807, 2.05) is 31.2 Å². The molecule has 31 heavy (non-hydrogen) atoms. The number of rotatable bonds is 5. The summed E-state index contributed by atoms with van der Waals surface area (Å²) >= 11 is 0. The van der Waals surface area contributed by atoms with Crippen molar-refractivity contribution in [3.05, 3.63) is 101 Å². The maximum absolute atomic E-state index is 13.5. The van der Waals surface area contributed by atoms with Gasteiger partial charge in [0.25, 0.3) is 10.0 Å². The number of fused-ring (bicyclic) bond motifs is 1. The quantitative estimate of drug-likeness (QED) is 0.599. The summed E-state index contributed by atoms with van der Waals surface area (Å²) in [6, 6.07) is 21.5.